The van der Waals surface area contributed by atoms with Crippen LogP contribution in [0.3, 0.4) is 0 Å². The van der Waals surface area contributed by atoms with Crippen LogP contribution in [-0.4, -0.2) is 61.9 Å². The monoisotopic (exact) mass is 500 g/mol. The molecule has 5 rings (SSSR count). The van der Waals surface area contributed by atoms with E-state index >= 15 is 0 Å². The Balaban J connectivity index is 1.27. The second-order valence-electron chi connectivity index (χ2n) is 10.6. The highest BCUT2D eigenvalue weighted by Crippen LogP contribution is 2.53. The second kappa shape index (κ2) is 8.90. The Bertz CT molecular complexity index is 1210. The Kier molecular flexibility index (Phi) is 6.17. The summed E-state index contributed by atoms with van der Waals surface area (Å²) in [4.78, 5) is 19.7. The van der Waals surface area contributed by atoms with Gasteiger partial charge in [-0.3, -0.25) is 4.79 Å². The number of likely N-dealkylation sites (N-methyl/N-ethyl adjacent to an activating group) is 1. The van der Waals surface area contributed by atoms with Crippen LogP contribution in [0.4, 0.5) is 10.1 Å². The van der Waals surface area contributed by atoms with Gasteiger partial charge in [0, 0.05) is 38.2 Å². The topological polar surface area (TPSA) is 90.6 Å². The lowest BCUT2D eigenvalue weighted by molar-refractivity contribution is 0.0918. The Morgan fingerprint density at radius 2 is 1.89 bits per heavy atom. The van der Waals surface area contributed by atoms with E-state index in [1.807, 2.05) is 11.9 Å². The zero-order valence-corrected chi connectivity index (χ0v) is 20.6. The summed E-state index contributed by atoms with van der Waals surface area (Å²) in [5.74, 6) is 5.81. The summed E-state index contributed by atoms with van der Waals surface area (Å²) in [7, 11) is 3.73. The number of benzene rings is 1. The smallest absolute Gasteiger partial charge is 0.274 e. The van der Waals surface area contributed by atoms with Gasteiger partial charge in [0.15, 0.2) is 0 Å². The van der Waals surface area contributed by atoms with Crippen molar-refractivity contribution in [2.24, 2.45) is 18.9 Å². The number of β-amino-alcohol motifs (C(OH)–C–C–N with tert-alkyl or cyclic N) is 1. The predicted molar refractivity (Wildman–Crippen MR) is 131 cm³/mol. The molecule has 0 spiro atoms. The number of nitrogens with one attached hydrogen (secondary N) is 1. The molecule has 1 aromatic heterocycles. The van der Waals surface area contributed by atoms with Crippen molar-refractivity contribution in [3.63, 3.8) is 0 Å². The molecular weight excluding hydrogens is 471 g/mol. The minimum Gasteiger partial charge on any atom is -0.378 e. The number of anilines is 1. The summed E-state index contributed by atoms with van der Waals surface area (Å²) >= 11 is 5.85. The fourth-order valence-electron chi connectivity index (χ4n) is 6.09. The third-order valence-electron chi connectivity index (χ3n) is 7.75. The minimum absolute atomic E-state index is 0.0562. The number of rotatable bonds is 3. The van der Waals surface area contributed by atoms with Crippen LogP contribution < -0.4 is 5.32 Å². The molecule has 3 N–H and O–H groups in total. The highest BCUT2D eigenvalue weighted by atomic mass is 35.5. The average molecular weight is 501 g/mol. The van der Waals surface area contributed by atoms with Gasteiger partial charge in [-0.1, -0.05) is 23.4 Å². The number of aromatic nitrogens is 2. The van der Waals surface area contributed by atoms with E-state index in [0.29, 0.717) is 37.2 Å². The van der Waals surface area contributed by atoms with Gasteiger partial charge < -0.3 is 25.0 Å². The Morgan fingerprint density at radius 3 is 2.51 bits per heavy atom. The van der Waals surface area contributed by atoms with Crippen molar-refractivity contribution in [2.45, 2.75) is 49.2 Å². The van der Waals surface area contributed by atoms with Gasteiger partial charge in [-0.15, -0.1) is 0 Å². The van der Waals surface area contributed by atoms with E-state index in [2.05, 4.69) is 22.1 Å². The molecule has 0 radical (unpaired) electrons. The number of halogens is 2. The summed E-state index contributed by atoms with van der Waals surface area (Å²) in [5.41, 5.74) is -0.502. The maximum atomic E-state index is 13.5. The van der Waals surface area contributed by atoms with Crippen LogP contribution in [0.1, 0.15) is 54.2 Å². The van der Waals surface area contributed by atoms with Crippen LogP contribution in [0.5, 0.6) is 0 Å². The van der Waals surface area contributed by atoms with Crippen molar-refractivity contribution >= 4 is 23.2 Å². The molecule has 0 bridgehead atoms. The SMILES string of the molecule is CN1CCC(O)(C#CC2(O)CC3CC(c4ncn(C)c4C(=O)Nc4ccc(F)c(Cl)c4)CC3C2)C1. The largest absolute Gasteiger partial charge is 0.378 e. The van der Waals surface area contributed by atoms with Crippen molar-refractivity contribution in [1.29, 1.82) is 0 Å². The molecule has 3 atom stereocenters. The number of hydrogen-bond acceptors (Lipinski definition) is 5. The van der Waals surface area contributed by atoms with Crippen LogP contribution in [0.2, 0.25) is 5.02 Å². The number of likely N-dealkylation sites (tertiary alicyclic amines) is 1. The molecule has 1 aliphatic heterocycles. The van der Waals surface area contributed by atoms with Gasteiger partial charge in [-0.05, 0) is 62.8 Å². The number of hydrogen-bond donors (Lipinski definition) is 3. The van der Waals surface area contributed by atoms with Crippen molar-refractivity contribution in [2.75, 3.05) is 25.5 Å². The number of amides is 1. The van der Waals surface area contributed by atoms with Crippen molar-refractivity contribution in [1.82, 2.24) is 14.5 Å². The molecule has 186 valence electrons. The summed E-state index contributed by atoms with van der Waals surface area (Å²) in [5, 5.41) is 24.5. The van der Waals surface area contributed by atoms with Crippen LogP contribution >= 0.6 is 11.6 Å². The summed E-state index contributed by atoms with van der Waals surface area (Å²) in [6.07, 6.45) is 5.00. The van der Waals surface area contributed by atoms with E-state index in [-0.39, 0.29) is 28.7 Å². The maximum absolute atomic E-state index is 13.5. The molecule has 1 amide bonds. The summed E-state index contributed by atoms with van der Waals surface area (Å²) in [6.45, 7) is 1.30. The van der Waals surface area contributed by atoms with E-state index < -0.39 is 17.0 Å². The molecule has 35 heavy (non-hydrogen) atoms. The first kappa shape index (κ1) is 24.3. The first-order valence-electron chi connectivity index (χ1n) is 12.0. The number of carbonyl (C=O) groups is 1. The zero-order valence-electron chi connectivity index (χ0n) is 19.9. The molecular formula is C26H30ClFN4O3. The van der Waals surface area contributed by atoms with Crippen LogP contribution in [-0.2, 0) is 7.05 Å². The van der Waals surface area contributed by atoms with E-state index in [9.17, 15) is 19.4 Å². The molecule has 2 aliphatic carbocycles. The lowest BCUT2D eigenvalue weighted by atomic mass is 9.91. The first-order chi connectivity index (χ1) is 16.5. The van der Waals surface area contributed by atoms with Gasteiger partial charge in [0.25, 0.3) is 5.91 Å². The summed E-state index contributed by atoms with van der Waals surface area (Å²) < 4.78 is 15.2. The molecule has 2 heterocycles. The molecule has 9 heteroatoms. The van der Waals surface area contributed by atoms with Gasteiger partial charge >= 0.3 is 0 Å². The van der Waals surface area contributed by atoms with Gasteiger partial charge in [0.2, 0.25) is 0 Å². The first-order valence-corrected chi connectivity index (χ1v) is 12.4. The van der Waals surface area contributed by atoms with Crippen molar-refractivity contribution < 1.29 is 19.4 Å². The number of nitrogens with zero attached hydrogens (tertiary/aromatic N) is 3. The van der Waals surface area contributed by atoms with Gasteiger partial charge in [0.05, 0.1) is 17.0 Å². The molecule has 3 aliphatic rings. The molecule has 3 unspecified atom stereocenters. The second-order valence-corrected chi connectivity index (χ2v) is 11.0. The molecule has 7 nitrogen and oxygen atoms in total. The highest BCUT2D eigenvalue weighted by molar-refractivity contribution is 6.31. The van der Waals surface area contributed by atoms with Crippen molar-refractivity contribution in [3.05, 3.63) is 46.8 Å². The predicted octanol–water partition coefficient (Wildman–Crippen LogP) is 3.17. The number of fused-ring (bicyclic) bond motifs is 1. The Morgan fingerprint density at radius 1 is 1.20 bits per heavy atom. The quantitative estimate of drug-likeness (QED) is 0.563. The van der Waals surface area contributed by atoms with Crippen LogP contribution in [0, 0.1) is 29.5 Å². The van der Waals surface area contributed by atoms with E-state index in [1.54, 1.807) is 17.9 Å². The van der Waals surface area contributed by atoms with Crippen LogP contribution in [0.15, 0.2) is 24.5 Å². The molecule has 2 aromatic rings. The average Bonchev–Trinajstić information content (AvgIpc) is 3.52. The van der Waals surface area contributed by atoms with E-state index in [4.69, 9.17) is 11.6 Å². The number of carbonyl (C=O) groups excluding carboxylic acids is 1. The Hall–Kier alpha value is -2.44. The van der Waals surface area contributed by atoms with Gasteiger partial charge in [-0.25, -0.2) is 9.37 Å². The standard InChI is InChI=1S/C26H30ClFN4O3/c1-31-8-7-25(34,14-31)5-6-26(35)12-17-9-16(10-18(17)13-26)22-23(32(2)15-29-22)24(33)30-19-3-4-21(28)20(27)11-19/h3-4,11,15-18,34-35H,7-10,12-14H2,1-2H3,(H,30,33). The van der Waals surface area contributed by atoms with E-state index in [0.717, 1.165) is 25.1 Å². The third-order valence-corrected chi connectivity index (χ3v) is 8.04. The Labute approximate surface area is 209 Å². The molecule has 2 saturated carbocycles. The molecule has 3 fully saturated rings. The van der Waals surface area contributed by atoms with Crippen LogP contribution in [0.25, 0.3) is 0 Å². The fraction of sp³-hybridized carbons (Fsp3) is 0.538. The number of imidazole rings is 1. The number of aliphatic hydroxyl groups is 2. The van der Waals surface area contributed by atoms with Crippen molar-refractivity contribution in [3.8, 4) is 11.8 Å². The lowest BCUT2D eigenvalue weighted by Crippen LogP contribution is -2.32. The summed E-state index contributed by atoms with van der Waals surface area (Å²) in [6, 6.07) is 4.07. The lowest BCUT2D eigenvalue weighted by Gasteiger charge is -2.21. The van der Waals surface area contributed by atoms with Gasteiger partial charge in [-0.2, -0.15) is 0 Å². The van der Waals surface area contributed by atoms with E-state index in [1.165, 1.54) is 18.2 Å². The fourth-order valence-corrected chi connectivity index (χ4v) is 6.27. The minimum atomic E-state index is -1.08. The molecule has 1 aromatic carbocycles. The normalized spacial score (nSPS) is 32.3. The molecule has 1 saturated heterocycles. The number of aryl methyl sites for hydroxylation is 1. The zero-order chi connectivity index (χ0) is 25.0. The highest BCUT2D eigenvalue weighted by Gasteiger charge is 2.49. The van der Waals surface area contributed by atoms with Gasteiger partial charge in [0.1, 0.15) is 22.7 Å². The third kappa shape index (κ3) is 4.83. The maximum Gasteiger partial charge on any atom is 0.274 e.